The highest BCUT2D eigenvalue weighted by atomic mass is 35.5. The lowest BCUT2D eigenvalue weighted by atomic mass is 9.89. The fourth-order valence-corrected chi connectivity index (χ4v) is 5.38. The molecule has 0 bridgehead atoms. The van der Waals surface area contributed by atoms with Gasteiger partial charge in [-0.1, -0.05) is 25.0 Å². The number of alkyl halides is 1. The van der Waals surface area contributed by atoms with Gasteiger partial charge in [0.2, 0.25) is 0 Å². The van der Waals surface area contributed by atoms with Crippen molar-refractivity contribution in [2.75, 3.05) is 0 Å². The van der Waals surface area contributed by atoms with E-state index in [0.717, 1.165) is 43.4 Å². The number of aryl methyl sites for hydroxylation is 1. The first-order valence-electron chi connectivity index (χ1n) is 10.5. The maximum Gasteiger partial charge on any atom is 0.345 e. The number of hydrogen-bond acceptors (Lipinski definition) is 5. The van der Waals surface area contributed by atoms with E-state index in [2.05, 4.69) is 0 Å². The van der Waals surface area contributed by atoms with Gasteiger partial charge >= 0.3 is 5.97 Å². The van der Waals surface area contributed by atoms with E-state index >= 15 is 0 Å². The molecule has 4 N–H and O–H groups in total. The molecule has 1 saturated carbocycles. The summed E-state index contributed by atoms with van der Waals surface area (Å²) < 4.78 is 0. The van der Waals surface area contributed by atoms with E-state index in [1.807, 2.05) is 12.1 Å². The summed E-state index contributed by atoms with van der Waals surface area (Å²) in [6, 6.07) is 3.50. The number of aromatic carboxylic acids is 1. The van der Waals surface area contributed by atoms with Gasteiger partial charge in [-0.2, -0.15) is 0 Å². The Morgan fingerprint density at radius 1 is 1.28 bits per heavy atom. The minimum Gasteiger partial charge on any atom is -0.477 e. The molecule has 1 aliphatic carbocycles. The molecule has 1 heterocycles. The van der Waals surface area contributed by atoms with Crippen molar-refractivity contribution in [3.05, 3.63) is 34.0 Å². The van der Waals surface area contributed by atoms with Crippen LogP contribution in [0.25, 0.3) is 0 Å². The maximum absolute atomic E-state index is 11.0. The lowest BCUT2D eigenvalue weighted by Crippen LogP contribution is -2.19. The molecule has 1 aromatic rings. The minimum absolute atomic E-state index is 0.0671. The summed E-state index contributed by atoms with van der Waals surface area (Å²) in [5.41, 5.74) is 0. The van der Waals surface area contributed by atoms with Crippen molar-refractivity contribution in [2.45, 2.75) is 82.0 Å². The fourth-order valence-electron chi connectivity index (χ4n) is 4.02. The van der Waals surface area contributed by atoms with E-state index in [4.69, 9.17) is 16.7 Å². The number of unbranched alkanes of at least 4 members (excludes halogenated alkanes) is 1. The van der Waals surface area contributed by atoms with E-state index < -0.39 is 18.2 Å². The van der Waals surface area contributed by atoms with Crippen molar-refractivity contribution in [1.82, 2.24) is 0 Å². The van der Waals surface area contributed by atoms with E-state index in [0.29, 0.717) is 17.7 Å². The molecular weight excluding hydrogens is 412 g/mol. The molecule has 7 heteroatoms. The second-order valence-electron chi connectivity index (χ2n) is 8.11. The lowest BCUT2D eigenvalue weighted by molar-refractivity contribution is 0.0702. The third-order valence-electron chi connectivity index (χ3n) is 5.63. The van der Waals surface area contributed by atoms with Gasteiger partial charge in [-0.3, -0.25) is 0 Å². The molecule has 5 nitrogen and oxygen atoms in total. The average molecular weight is 445 g/mol. The zero-order valence-corrected chi connectivity index (χ0v) is 18.5. The average Bonchev–Trinajstić information content (AvgIpc) is 3.22. The maximum atomic E-state index is 11.0. The predicted molar refractivity (Wildman–Crippen MR) is 117 cm³/mol. The smallest absolute Gasteiger partial charge is 0.345 e. The van der Waals surface area contributed by atoms with Crippen molar-refractivity contribution in [1.29, 1.82) is 0 Å². The first-order valence-corrected chi connectivity index (χ1v) is 11.7. The van der Waals surface area contributed by atoms with Crippen molar-refractivity contribution in [3.8, 4) is 0 Å². The minimum atomic E-state index is -0.893. The Balaban J connectivity index is 1.81. The number of aliphatic hydroxyl groups is 3. The van der Waals surface area contributed by atoms with Crippen LogP contribution < -0.4 is 0 Å². The second kappa shape index (κ2) is 12.1. The first-order chi connectivity index (χ1) is 13.8. The molecule has 0 spiro atoms. The third-order valence-corrected chi connectivity index (χ3v) is 7.27. The Kier molecular flexibility index (Phi) is 10.1. The second-order valence-corrected chi connectivity index (χ2v) is 9.84. The summed E-state index contributed by atoms with van der Waals surface area (Å²) in [5.74, 6) is -0.817. The monoisotopic (exact) mass is 444 g/mol. The molecule has 1 aromatic heterocycles. The summed E-state index contributed by atoms with van der Waals surface area (Å²) in [6.07, 6.45) is 8.55. The molecule has 2 rings (SSSR count). The predicted octanol–water partition coefficient (Wildman–Crippen LogP) is 4.23. The van der Waals surface area contributed by atoms with Crippen LogP contribution in [0.5, 0.6) is 0 Å². The van der Waals surface area contributed by atoms with E-state index in [-0.39, 0.29) is 23.3 Å². The summed E-state index contributed by atoms with van der Waals surface area (Å²) in [7, 11) is 0. The Labute approximate surface area is 182 Å². The van der Waals surface area contributed by atoms with Crippen LogP contribution in [0.1, 0.15) is 66.4 Å². The Morgan fingerprint density at radius 3 is 2.66 bits per heavy atom. The first kappa shape index (κ1) is 24.4. The number of carboxylic acids is 1. The van der Waals surface area contributed by atoms with Gasteiger partial charge in [0.05, 0.1) is 18.3 Å². The van der Waals surface area contributed by atoms with Crippen LogP contribution in [-0.4, -0.2) is 50.1 Å². The van der Waals surface area contributed by atoms with Crippen LogP contribution >= 0.6 is 22.9 Å². The van der Waals surface area contributed by atoms with Gasteiger partial charge in [-0.25, -0.2) is 4.79 Å². The summed E-state index contributed by atoms with van der Waals surface area (Å²) in [5, 5.41) is 38.8. The number of carbonyl (C=O) groups is 1. The summed E-state index contributed by atoms with van der Waals surface area (Å²) >= 11 is 7.79. The van der Waals surface area contributed by atoms with Crippen LogP contribution in [0, 0.1) is 11.8 Å². The van der Waals surface area contributed by atoms with Gasteiger partial charge in [-0.15, -0.1) is 22.9 Å². The number of rotatable bonds is 12. The normalized spacial score (nSPS) is 26.8. The highest BCUT2D eigenvalue weighted by Gasteiger charge is 2.39. The molecular formula is C22H33ClO5S. The van der Waals surface area contributed by atoms with Crippen LogP contribution in [0.15, 0.2) is 24.3 Å². The molecule has 1 aliphatic rings. The van der Waals surface area contributed by atoms with Gasteiger partial charge in [0.1, 0.15) is 4.88 Å². The standard InChI is InChI=1S/C22H33ClO5S/c1-14(24)5-2-3-6-15(25)9-11-18-17(19(23)13-20(18)26)8-4-7-16-10-12-21(29-16)22(27)28/h9-12,14-15,17-20,24-26H,2-8,13H2,1H3,(H,27,28)/t14-,15-,17-,18+,19+,20-/m1/s1. The largest absolute Gasteiger partial charge is 0.477 e. The van der Waals surface area contributed by atoms with E-state index in [9.17, 15) is 20.1 Å². The fraction of sp³-hybridized carbons (Fsp3) is 0.682. The molecule has 0 aliphatic heterocycles. The Morgan fingerprint density at radius 2 is 2.00 bits per heavy atom. The molecule has 164 valence electrons. The van der Waals surface area contributed by atoms with Gasteiger partial charge in [-0.05, 0) is 63.5 Å². The molecule has 0 aromatic carbocycles. The van der Waals surface area contributed by atoms with E-state index in [1.54, 1.807) is 19.1 Å². The number of thiophene rings is 1. The zero-order valence-electron chi connectivity index (χ0n) is 16.9. The van der Waals surface area contributed by atoms with Gasteiger partial charge < -0.3 is 20.4 Å². The molecule has 0 saturated heterocycles. The summed E-state index contributed by atoms with van der Waals surface area (Å²) in [6.45, 7) is 1.77. The van der Waals surface area contributed by atoms with Gasteiger partial charge in [0.25, 0.3) is 0 Å². The third kappa shape index (κ3) is 8.02. The summed E-state index contributed by atoms with van der Waals surface area (Å²) in [4.78, 5) is 12.4. The number of carboxylic acid groups (broad SMARTS) is 1. The Hall–Kier alpha value is -0.920. The molecule has 6 atom stereocenters. The van der Waals surface area contributed by atoms with Crippen molar-refractivity contribution < 1.29 is 25.2 Å². The molecule has 0 amide bonds. The van der Waals surface area contributed by atoms with Crippen molar-refractivity contribution >= 4 is 28.9 Å². The topological polar surface area (TPSA) is 98.0 Å². The van der Waals surface area contributed by atoms with Crippen LogP contribution in [0.4, 0.5) is 0 Å². The van der Waals surface area contributed by atoms with E-state index in [1.165, 1.54) is 11.3 Å². The molecule has 29 heavy (non-hydrogen) atoms. The van der Waals surface area contributed by atoms with Crippen molar-refractivity contribution in [3.63, 3.8) is 0 Å². The quantitative estimate of drug-likeness (QED) is 0.220. The van der Waals surface area contributed by atoms with Gasteiger partial charge in [0.15, 0.2) is 0 Å². The number of aliphatic hydroxyl groups excluding tert-OH is 3. The number of hydrogen-bond donors (Lipinski definition) is 4. The zero-order chi connectivity index (χ0) is 21.4. The lowest BCUT2D eigenvalue weighted by Gasteiger charge is -2.21. The molecule has 1 fully saturated rings. The highest BCUT2D eigenvalue weighted by molar-refractivity contribution is 7.13. The van der Waals surface area contributed by atoms with Crippen LogP contribution in [0.3, 0.4) is 0 Å². The molecule has 0 unspecified atom stereocenters. The van der Waals surface area contributed by atoms with Crippen LogP contribution in [-0.2, 0) is 6.42 Å². The SMILES string of the molecule is C[C@@H](O)CCCC[C@@H](O)C=C[C@H]1[C@@H](CCCc2ccc(C(=O)O)s2)[C@@H](Cl)C[C@H]1O. The highest BCUT2D eigenvalue weighted by Crippen LogP contribution is 2.40. The van der Waals surface area contributed by atoms with Gasteiger partial charge in [0, 0.05) is 16.2 Å². The number of halogens is 1. The van der Waals surface area contributed by atoms with Crippen LogP contribution in [0.2, 0.25) is 0 Å². The Bertz CT molecular complexity index is 659. The van der Waals surface area contributed by atoms with Crippen molar-refractivity contribution in [2.24, 2.45) is 11.8 Å². The molecule has 0 radical (unpaired) electrons.